The van der Waals surface area contributed by atoms with E-state index in [1.54, 1.807) is 18.2 Å². The van der Waals surface area contributed by atoms with Crippen molar-refractivity contribution in [2.24, 2.45) is 10.2 Å². The predicted molar refractivity (Wildman–Crippen MR) is 119 cm³/mol. The van der Waals surface area contributed by atoms with E-state index in [0.717, 1.165) is 0 Å². The van der Waals surface area contributed by atoms with E-state index < -0.39 is 20.2 Å². The zero-order chi connectivity index (χ0) is 22.4. The third kappa shape index (κ3) is 4.69. The van der Waals surface area contributed by atoms with E-state index in [4.69, 9.17) is 0 Å². The molecular formula is C20H14N2NaO7S2. The molecule has 0 bridgehead atoms. The van der Waals surface area contributed by atoms with Gasteiger partial charge in [0, 0.05) is 45.7 Å². The fraction of sp³-hybridized carbons (Fsp3) is 0. The summed E-state index contributed by atoms with van der Waals surface area (Å²) in [5, 5.41) is 19.9. The molecule has 12 heteroatoms. The van der Waals surface area contributed by atoms with Crippen LogP contribution in [0.15, 0.2) is 86.7 Å². The Hall–Kier alpha value is -2.38. The van der Waals surface area contributed by atoms with Gasteiger partial charge in [-0.25, -0.2) is 0 Å². The molecule has 0 aromatic heterocycles. The smallest absolute Gasteiger partial charge is 0.295 e. The maximum Gasteiger partial charge on any atom is 0.295 e. The molecule has 32 heavy (non-hydrogen) atoms. The molecule has 4 aromatic rings. The van der Waals surface area contributed by atoms with Crippen molar-refractivity contribution < 1.29 is 31.0 Å². The van der Waals surface area contributed by atoms with Crippen LogP contribution in [-0.2, 0) is 20.2 Å². The Bertz CT molecular complexity index is 1600. The van der Waals surface area contributed by atoms with Gasteiger partial charge in [-0.1, -0.05) is 36.4 Å². The first-order valence-corrected chi connectivity index (χ1v) is 11.6. The van der Waals surface area contributed by atoms with Crippen molar-refractivity contribution in [3.8, 4) is 5.75 Å². The van der Waals surface area contributed by atoms with E-state index in [2.05, 4.69) is 10.2 Å². The summed E-state index contributed by atoms with van der Waals surface area (Å²) in [7, 11) is -8.85. The normalized spacial score (nSPS) is 12.3. The van der Waals surface area contributed by atoms with Crippen molar-refractivity contribution in [3.63, 3.8) is 0 Å². The molecule has 0 spiro atoms. The van der Waals surface area contributed by atoms with Crippen LogP contribution >= 0.6 is 0 Å². The Morgan fingerprint density at radius 2 is 1.38 bits per heavy atom. The molecule has 0 fully saturated rings. The number of hydrogen-bond donors (Lipinski definition) is 3. The molecule has 4 aromatic carbocycles. The first kappa shape index (κ1) is 24.3. The molecule has 0 aliphatic carbocycles. The number of aromatic hydroxyl groups is 1. The SMILES string of the molecule is O=S(=O)(O)c1ccc2c(N=Nc3ccc(S(=O)(=O)O)c4ccccc34)c(O)ccc2c1.[Na]. The zero-order valence-electron chi connectivity index (χ0n) is 16.5. The molecule has 4 rings (SSSR count). The zero-order valence-corrected chi connectivity index (χ0v) is 20.2. The Morgan fingerprint density at radius 1 is 0.688 bits per heavy atom. The number of benzene rings is 4. The van der Waals surface area contributed by atoms with Gasteiger partial charge in [0.1, 0.15) is 16.3 Å². The first-order valence-electron chi connectivity index (χ1n) is 8.70. The van der Waals surface area contributed by atoms with Crippen LogP contribution in [0.5, 0.6) is 5.75 Å². The standard InChI is InChI=1S/C20H14N2O7S2.Na/c23-18-9-5-12-11-13(30(24,25)26)6-7-14(12)20(18)22-21-17-8-10-19(31(27,28)29)16-4-2-1-3-15(16)17;/h1-11,23H,(H,24,25,26)(H,27,28,29);. The van der Waals surface area contributed by atoms with Crippen LogP contribution in [0.1, 0.15) is 0 Å². The van der Waals surface area contributed by atoms with E-state index in [9.17, 15) is 31.0 Å². The number of rotatable bonds is 4. The monoisotopic (exact) mass is 481 g/mol. The minimum Gasteiger partial charge on any atom is -0.506 e. The van der Waals surface area contributed by atoms with Gasteiger partial charge in [-0.3, -0.25) is 9.11 Å². The van der Waals surface area contributed by atoms with Crippen LogP contribution in [0.3, 0.4) is 0 Å². The van der Waals surface area contributed by atoms with Crippen molar-refractivity contribution in [2.75, 3.05) is 0 Å². The molecule has 0 heterocycles. The van der Waals surface area contributed by atoms with Crippen LogP contribution in [0.2, 0.25) is 0 Å². The number of nitrogens with zero attached hydrogens (tertiary/aromatic N) is 2. The molecule has 3 N–H and O–H groups in total. The first-order chi connectivity index (χ1) is 14.6. The third-order valence-electron chi connectivity index (χ3n) is 4.64. The maximum absolute atomic E-state index is 11.6. The average molecular weight is 481 g/mol. The largest absolute Gasteiger partial charge is 0.506 e. The summed E-state index contributed by atoms with van der Waals surface area (Å²) in [5.74, 6) is -0.213. The average Bonchev–Trinajstić information content (AvgIpc) is 2.71. The molecule has 1 radical (unpaired) electrons. The van der Waals surface area contributed by atoms with Crippen LogP contribution in [0.4, 0.5) is 11.4 Å². The summed E-state index contributed by atoms with van der Waals surface area (Å²) < 4.78 is 64.7. The van der Waals surface area contributed by atoms with Gasteiger partial charge < -0.3 is 5.11 Å². The van der Waals surface area contributed by atoms with Gasteiger partial charge in [-0.05, 0) is 35.7 Å². The number of fused-ring (bicyclic) bond motifs is 2. The fourth-order valence-corrected chi connectivity index (χ4v) is 4.43. The molecule has 0 amide bonds. The van der Waals surface area contributed by atoms with Gasteiger partial charge >= 0.3 is 0 Å². The predicted octanol–water partition coefficient (Wildman–Crippen LogP) is 4.23. The van der Waals surface area contributed by atoms with Crippen LogP contribution < -0.4 is 0 Å². The van der Waals surface area contributed by atoms with Gasteiger partial charge in [-0.2, -0.15) is 16.8 Å². The number of phenols is 1. The van der Waals surface area contributed by atoms with Gasteiger partial charge in [0.15, 0.2) is 0 Å². The second-order valence-electron chi connectivity index (χ2n) is 6.59. The second-order valence-corrected chi connectivity index (χ2v) is 9.41. The summed E-state index contributed by atoms with van der Waals surface area (Å²) >= 11 is 0. The van der Waals surface area contributed by atoms with Crippen LogP contribution in [-0.4, -0.2) is 60.6 Å². The molecule has 0 saturated heterocycles. The van der Waals surface area contributed by atoms with Crippen molar-refractivity contribution in [3.05, 3.63) is 66.7 Å². The van der Waals surface area contributed by atoms with Crippen molar-refractivity contribution in [2.45, 2.75) is 9.79 Å². The Kier molecular flexibility index (Phi) is 6.72. The summed E-state index contributed by atoms with van der Waals surface area (Å²) in [6, 6.07) is 15.5. The molecule has 9 nitrogen and oxygen atoms in total. The topological polar surface area (TPSA) is 154 Å². The van der Waals surface area contributed by atoms with Gasteiger partial charge in [0.05, 0.1) is 10.6 Å². The molecule has 0 atom stereocenters. The number of phenolic OH excluding ortho intramolecular Hbond substituents is 1. The van der Waals surface area contributed by atoms with Gasteiger partial charge in [0.2, 0.25) is 0 Å². The minimum atomic E-state index is -4.45. The molecule has 159 valence electrons. The molecular weight excluding hydrogens is 467 g/mol. The van der Waals surface area contributed by atoms with E-state index in [1.807, 2.05) is 0 Å². The van der Waals surface area contributed by atoms with Crippen molar-refractivity contribution >= 4 is 82.7 Å². The van der Waals surface area contributed by atoms with Crippen LogP contribution in [0.25, 0.3) is 21.5 Å². The summed E-state index contributed by atoms with van der Waals surface area (Å²) in [5.41, 5.74) is 0.344. The number of azo groups is 1. The van der Waals surface area contributed by atoms with Crippen molar-refractivity contribution in [1.82, 2.24) is 0 Å². The van der Waals surface area contributed by atoms with Gasteiger partial charge in [-0.15, -0.1) is 10.2 Å². The summed E-state index contributed by atoms with van der Waals surface area (Å²) in [6.45, 7) is 0. The third-order valence-corrected chi connectivity index (χ3v) is 6.40. The molecule has 0 aliphatic heterocycles. The van der Waals surface area contributed by atoms with Crippen molar-refractivity contribution in [1.29, 1.82) is 0 Å². The quantitative estimate of drug-likeness (QED) is 0.224. The molecule has 0 aliphatic rings. The molecule has 0 saturated carbocycles. The van der Waals surface area contributed by atoms with Crippen LogP contribution in [0, 0.1) is 0 Å². The Balaban J connectivity index is 0.00000289. The summed E-state index contributed by atoms with van der Waals surface area (Å²) in [4.78, 5) is -0.576. The minimum absolute atomic E-state index is 0. The van der Waals surface area contributed by atoms with E-state index >= 15 is 0 Å². The maximum atomic E-state index is 11.6. The van der Waals surface area contributed by atoms with E-state index in [-0.39, 0.29) is 61.9 Å². The Morgan fingerprint density at radius 3 is 2.03 bits per heavy atom. The molecule has 0 unspecified atom stereocenters. The van der Waals surface area contributed by atoms with E-state index in [1.165, 1.54) is 48.5 Å². The fourth-order valence-electron chi connectivity index (χ4n) is 3.22. The second kappa shape index (κ2) is 8.87. The van der Waals surface area contributed by atoms with Gasteiger partial charge in [0.25, 0.3) is 20.2 Å². The Labute approximate surface area is 205 Å². The summed E-state index contributed by atoms with van der Waals surface area (Å²) in [6.07, 6.45) is 0. The van der Waals surface area contributed by atoms with E-state index in [0.29, 0.717) is 16.2 Å². The number of hydrogen-bond acceptors (Lipinski definition) is 7.